The van der Waals surface area contributed by atoms with Gasteiger partial charge in [0.05, 0.1) is 0 Å². The minimum atomic E-state index is 0.831. The van der Waals surface area contributed by atoms with Crippen molar-refractivity contribution in [3.05, 3.63) is 0 Å². The van der Waals surface area contributed by atoms with Crippen molar-refractivity contribution < 1.29 is 0 Å². The van der Waals surface area contributed by atoms with Crippen LogP contribution in [0.2, 0.25) is 0 Å². The average molecular weight is 157 g/mol. The zero-order valence-corrected chi connectivity index (χ0v) is 7.29. The Morgan fingerprint density at radius 1 is 1.30 bits per heavy atom. The van der Waals surface area contributed by atoms with Gasteiger partial charge in [-0.3, -0.25) is 0 Å². The van der Waals surface area contributed by atoms with Gasteiger partial charge in [-0.2, -0.15) is 11.8 Å². The maximum Gasteiger partial charge on any atom is 0.0194 e. The molecule has 0 aromatic rings. The van der Waals surface area contributed by atoms with Gasteiger partial charge in [-0.1, -0.05) is 6.92 Å². The minimum Gasteiger partial charge on any atom is -0.310 e. The molecule has 2 aliphatic rings. The molecule has 0 aromatic carbocycles. The highest BCUT2D eigenvalue weighted by Gasteiger charge is 2.30. The molecular weight excluding hydrogens is 142 g/mol. The lowest BCUT2D eigenvalue weighted by molar-refractivity contribution is 0.452. The Morgan fingerprint density at radius 3 is 2.60 bits per heavy atom. The van der Waals surface area contributed by atoms with Gasteiger partial charge >= 0.3 is 0 Å². The molecule has 2 fully saturated rings. The van der Waals surface area contributed by atoms with Crippen LogP contribution in [-0.2, 0) is 0 Å². The number of rotatable bonds is 2. The molecule has 10 heavy (non-hydrogen) atoms. The summed E-state index contributed by atoms with van der Waals surface area (Å²) >= 11 is 2.10. The lowest BCUT2D eigenvalue weighted by atomic mass is 10.1. The Hall–Kier alpha value is 0.310. The molecule has 1 N–H and O–H groups in total. The molecule has 2 heteroatoms. The van der Waals surface area contributed by atoms with Crippen LogP contribution in [0.3, 0.4) is 0 Å². The molecule has 0 aromatic heterocycles. The zero-order chi connectivity index (χ0) is 6.97. The standard InChI is InChI=1S/C8H15NS/c1-6-4-10-5-8(6)9-7-2-3-7/h6-9H,2-5H2,1H3. The van der Waals surface area contributed by atoms with Crippen LogP contribution in [0.5, 0.6) is 0 Å². The molecular formula is C8H15NS. The molecule has 1 aliphatic carbocycles. The summed E-state index contributed by atoms with van der Waals surface area (Å²) in [5.74, 6) is 3.62. The largest absolute Gasteiger partial charge is 0.310 e. The fraction of sp³-hybridized carbons (Fsp3) is 1.00. The topological polar surface area (TPSA) is 12.0 Å². The molecule has 2 atom stereocenters. The molecule has 0 bridgehead atoms. The second-order valence-corrected chi connectivity index (χ2v) is 4.64. The summed E-state index contributed by atoms with van der Waals surface area (Å²) in [5.41, 5.74) is 0. The lowest BCUT2D eigenvalue weighted by Crippen LogP contribution is -2.35. The molecule has 0 amide bonds. The number of nitrogens with one attached hydrogen (secondary N) is 1. The molecule has 58 valence electrons. The number of hydrogen-bond donors (Lipinski definition) is 1. The van der Waals surface area contributed by atoms with Crippen molar-refractivity contribution in [1.82, 2.24) is 5.32 Å². The van der Waals surface area contributed by atoms with Crippen LogP contribution in [-0.4, -0.2) is 23.6 Å². The molecule has 0 radical (unpaired) electrons. The Bertz CT molecular complexity index is 122. The molecule has 1 heterocycles. The third kappa shape index (κ3) is 1.48. The van der Waals surface area contributed by atoms with Crippen molar-refractivity contribution in [2.75, 3.05) is 11.5 Å². The maximum atomic E-state index is 3.68. The third-order valence-corrected chi connectivity index (χ3v) is 3.75. The molecule has 2 unspecified atom stereocenters. The fourth-order valence-electron chi connectivity index (χ4n) is 1.43. The molecule has 1 nitrogen and oxygen atoms in total. The van der Waals surface area contributed by atoms with Crippen molar-refractivity contribution in [2.45, 2.75) is 31.8 Å². The highest BCUT2D eigenvalue weighted by atomic mass is 32.2. The van der Waals surface area contributed by atoms with E-state index in [1.807, 2.05) is 0 Å². The maximum absolute atomic E-state index is 3.68. The Labute approximate surface area is 67.0 Å². The van der Waals surface area contributed by atoms with Crippen LogP contribution in [0.15, 0.2) is 0 Å². The van der Waals surface area contributed by atoms with Crippen molar-refractivity contribution in [2.24, 2.45) is 5.92 Å². The average Bonchev–Trinajstić information content (AvgIpc) is 2.62. The Morgan fingerprint density at radius 2 is 2.10 bits per heavy atom. The lowest BCUT2D eigenvalue weighted by Gasteiger charge is -2.15. The normalized spacial score (nSPS) is 40.5. The highest BCUT2D eigenvalue weighted by molar-refractivity contribution is 7.99. The Balaban J connectivity index is 1.79. The van der Waals surface area contributed by atoms with Crippen LogP contribution in [0.1, 0.15) is 19.8 Å². The summed E-state index contributed by atoms with van der Waals surface area (Å²) in [6.45, 7) is 2.36. The molecule has 2 rings (SSSR count). The second kappa shape index (κ2) is 2.74. The van der Waals surface area contributed by atoms with Crippen LogP contribution in [0.25, 0.3) is 0 Å². The van der Waals surface area contributed by atoms with Crippen molar-refractivity contribution >= 4 is 11.8 Å². The van der Waals surface area contributed by atoms with E-state index in [9.17, 15) is 0 Å². The first kappa shape index (κ1) is 6.99. The first-order chi connectivity index (χ1) is 4.86. The van der Waals surface area contributed by atoms with E-state index >= 15 is 0 Å². The second-order valence-electron chi connectivity index (χ2n) is 3.56. The van der Waals surface area contributed by atoms with Crippen LogP contribution in [0, 0.1) is 5.92 Å². The van der Waals surface area contributed by atoms with E-state index in [1.54, 1.807) is 0 Å². The van der Waals surface area contributed by atoms with Gasteiger partial charge in [0.1, 0.15) is 0 Å². The van der Waals surface area contributed by atoms with Gasteiger partial charge in [0.25, 0.3) is 0 Å². The van der Waals surface area contributed by atoms with Crippen molar-refractivity contribution in [1.29, 1.82) is 0 Å². The SMILES string of the molecule is CC1CSCC1NC1CC1. The predicted octanol–water partition coefficient (Wildman–Crippen LogP) is 1.49. The van der Waals surface area contributed by atoms with E-state index in [1.165, 1.54) is 24.3 Å². The molecule has 1 saturated carbocycles. The highest BCUT2D eigenvalue weighted by Crippen LogP contribution is 2.27. The fourth-order valence-corrected chi connectivity index (χ4v) is 2.85. The molecule has 1 saturated heterocycles. The van der Waals surface area contributed by atoms with Crippen molar-refractivity contribution in [3.63, 3.8) is 0 Å². The minimum absolute atomic E-state index is 0.831. The third-order valence-electron chi connectivity index (χ3n) is 2.39. The van der Waals surface area contributed by atoms with E-state index in [2.05, 4.69) is 24.0 Å². The van der Waals surface area contributed by atoms with Gasteiger partial charge in [0.2, 0.25) is 0 Å². The van der Waals surface area contributed by atoms with Crippen LogP contribution >= 0.6 is 11.8 Å². The summed E-state index contributed by atoms with van der Waals surface area (Å²) in [4.78, 5) is 0. The van der Waals surface area contributed by atoms with Crippen LogP contribution in [0.4, 0.5) is 0 Å². The summed E-state index contributed by atoms with van der Waals surface area (Å²) in [6.07, 6.45) is 2.85. The van der Waals surface area contributed by atoms with Gasteiger partial charge in [0, 0.05) is 17.8 Å². The first-order valence-electron chi connectivity index (χ1n) is 4.20. The van der Waals surface area contributed by atoms with Gasteiger partial charge in [-0.15, -0.1) is 0 Å². The van der Waals surface area contributed by atoms with E-state index in [0.29, 0.717) is 0 Å². The summed E-state index contributed by atoms with van der Waals surface area (Å²) in [5, 5.41) is 3.68. The number of thioether (sulfide) groups is 1. The van der Waals surface area contributed by atoms with Gasteiger partial charge in [-0.05, 0) is 24.5 Å². The summed E-state index contributed by atoms with van der Waals surface area (Å²) in [7, 11) is 0. The predicted molar refractivity (Wildman–Crippen MR) is 46.4 cm³/mol. The monoisotopic (exact) mass is 157 g/mol. The van der Waals surface area contributed by atoms with E-state index in [4.69, 9.17) is 0 Å². The summed E-state index contributed by atoms with van der Waals surface area (Å²) in [6, 6.07) is 1.73. The van der Waals surface area contributed by atoms with E-state index < -0.39 is 0 Å². The molecule has 1 aliphatic heterocycles. The Kier molecular flexibility index (Phi) is 1.92. The zero-order valence-electron chi connectivity index (χ0n) is 6.47. The van der Waals surface area contributed by atoms with Crippen LogP contribution < -0.4 is 5.32 Å². The van der Waals surface area contributed by atoms with Gasteiger partial charge in [0.15, 0.2) is 0 Å². The van der Waals surface area contributed by atoms with E-state index in [0.717, 1.165) is 18.0 Å². The quantitative estimate of drug-likeness (QED) is 0.652. The van der Waals surface area contributed by atoms with E-state index in [-0.39, 0.29) is 0 Å². The van der Waals surface area contributed by atoms with Gasteiger partial charge < -0.3 is 5.32 Å². The van der Waals surface area contributed by atoms with Crippen molar-refractivity contribution in [3.8, 4) is 0 Å². The summed E-state index contributed by atoms with van der Waals surface area (Å²) < 4.78 is 0. The smallest absolute Gasteiger partial charge is 0.0194 e. The van der Waals surface area contributed by atoms with Gasteiger partial charge in [-0.25, -0.2) is 0 Å². The number of hydrogen-bond acceptors (Lipinski definition) is 2. The first-order valence-corrected chi connectivity index (χ1v) is 5.35. The molecule has 0 spiro atoms.